The molecule has 0 amide bonds. The van der Waals surface area contributed by atoms with Crippen molar-refractivity contribution in [1.29, 1.82) is 0 Å². The third-order valence-electron chi connectivity index (χ3n) is 5.05. The Hall–Kier alpha value is -0.890. The van der Waals surface area contributed by atoms with Gasteiger partial charge in [-0.1, -0.05) is 38.0 Å². The number of likely N-dealkylation sites (N-methyl/N-ethyl adjacent to an activating group) is 1. The van der Waals surface area contributed by atoms with Crippen molar-refractivity contribution in [2.75, 3.05) is 6.54 Å². The first-order chi connectivity index (χ1) is 9.31. The molecule has 1 aromatic rings. The average Bonchev–Trinajstić information content (AvgIpc) is 3.15. The Balaban J connectivity index is 1.70. The van der Waals surface area contributed by atoms with E-state index in [0.717, 1.165) is 36.3 Å². The second-order valence-electron chi connectivity index (χ2n) is 6.15. The molecule has 0 spiro atoms. The van der Waals surface area contributed by atoms with Crippen molar-refractivity contribution >= 4 is 0 Å². The van der Waals surface area contributed by atoms with E-state index in [4.69, 9.17) is 0 Å². The zero-order chi connectivity index (χ0) is 13.2. The van der Waals surface area contributed by atoms with Gasteiger partial charge in [0.05, 0.1) is 0 Å². The fourth-order valence-corrected chi connectivity index (χ4v) is 4.15. The molecule has 0 bridgehead atoms. The first kappa shape index (κ1) is 13.1. The molecule has 1 aromatic carbocycles. The minimum atomic E-state index is -0.0472. The topological polar surface area (TPSA) is 12.0 Å². The van der Waals surface area contributed by atoms with Crippen molar-refractivity contribution in [3.63, 3.8) is 0 Å². The summed E-state index contributed by atoms with van der Waals surface area (Å²) in [6.45, 7) is 3.13. The molecule has 0 saturated heterocycles. The fourth-order valence-electron chi connectivity index (χ4n) is 4.15. The van der Waals surface area contributed by atoms with Gasteiger partial charge in [-0.2, -0.15) is 0 Å². The standard InChI is InChI=1S/C17H24FN/c1-2-19-16(11-12-7-3-6-10-15(12)18)17-13-8-4-5-9-14(13)17/h3,6-7,10,13-14,16-17,19H,2,4-5,8-9,11H2,1H3. The van der Waals surface area contributed by atoms with Crippen LogP contribution in [0.25, 0.3) is 0 Å². The number of halogens is 1. The molecule has 2 fully saturated rings. The zero-order valence-electron chi connectivity index (χ0n) is 11.7. The van der Waals surface area contributed by atoms with Gasteiger partial charge in [0.2, 0.25) is 0 Å². The van der Waals surface area contributed by atoms with Crippen molar-refractivity contribution in [3.05, 3.63) is 35.6 Å². The molecule has 2 aliphatic rings. The molecule has 2 heteroatoms. The van der Waals surface area contributed by atoms with Crippen molar-refractivity contribution in [2.45, 2.75) is 45.1 Å². The quantitative estimate of drug-likeness (QED) is 0.850. The van der Waals surface area contributed by atoms with E-state index in [1.54, 1.807) is 12.1 Å². The maximum atomic E-state index is 13.8. The molecule has 0 radical (unpaired) electrons. The minimum absolute atomic E-state index is 0.0472. The number of hydrogen-bond acceptors (Lipinski definition) is 1. The van der Waals surface area contributed by atoms with Gasteiger partial charge >= 0.3 is 0 Å². The van der Waals surface area contributed by atoms with Gasteiger partial charge in [0.1, 0.15) is 5.82 Å². The molecule has 0 aromatic heterocycles. The maximum Gasteiger partial charge on any atom is 0.126 e. The van der Waals surface area contributed by atoms with Gasteiger partial charge in [-0.25, -0.2) is 4.39 Å². The van der Waals surface area contributed by atoms with Crippen LogP contribution in [0.5, 0.6) is 0 Å². The highest BCUT2D eigenvalue weighted by Gasteiger charge is 2.53. The van der Waals surface area contributed by atoms with E-state index < -0.39 is 0 Å². The molecule has 3 unspecified atom stereocenters. The highest BCUT2D eigenvalue weighted by Crippen LogP contribution is 2.57. The molecule has 104 valence electrons. The summed E-state index contributed by atoms with van der Waals surface area (Å²) in [5.74, 6) is 2.59. The normalized spacial score (nSPS) is 30.7. The summed E-state index contributed by atoms with van der Waals surface area (Å²) in [6.07, 6.45) is 6.44. The lowest BCUT2D eigenvalue weighted by molar-refractivity contribution is 0.430. The van der Waals surface area contributed by atoms with Crippen LogP contribution in [0.2, 0.25) is 0 Å². The summed E-state index contributed by atoms with van der Waals surface area (Å²) in [4.78, 5) is 0. The van der Waals surface area contributed by atoms with E-state index >= 15 is 0 Å². The number of rotatable bonds is 5. The first-order valence-corrected chi connectivity index (χ1v) is 7.78. The van der Waals surface area contributed by atoms with Gasteiger partial charge in [0.15, 0.2) is 0 Å². The van der Waals surface area contributed by atoms with E-state index in [1.807, 2.05) is 12.1 Å². The Morgan fingerprint density at radius 3 is 2.53 bits per heavy atom. The highest BCUT2D eigenvalue weighted by atomic mass is 19.1. The summed E-state index contributed by atoms with van der Waals surface area (Å²) in [5, 5.41) is 3.61. The molecule has 0 aliphatic heterocycles. The van der Waals surface area contributed by atoms with Gasteiger partial charge in [0, 0.05) is 6.04 Å². The Labute approximate surface area is 115 Å². The summed E-state index contributed by atoms with van der Waals surface area (Å²) in [7, 11) is 0. The summed E-state index contributed by atoms with van der Waals surface area (Å²) < 4.78 is 13.8. The molecule has 19 heavy (non-hydrogen) atoms. The molecule has 1 nitrogen and oxygen atoms in total. The molecule has 2 saturated carbocycles. The third kappa shape index (κ3) is 2.69. The molecule has 2 aliphatic carbocycles. The van der Waals surface area contributed by atoms with E-state index in [1.165, 1.54) is 25.7 Å². The largest absolute Gasteiger partial charge is 0.314 e. The molecular formula is C17H24FN. The predicted octanol–water partition coefficient (Wildman–Crippen LogP) is 3.78. The van der Waals surface area contributed by atoms with E-state index in [0.29, 0.717) is 6.04 Å². The van der Waals surface area contributed by atoms with Gasteiger partial charge in [-0.05, 0) is 55.2 Å². The van der Waals surface area contributed by atoms with E-state index in [9.17, 15) is 4.39 Å². The number of hydrogen-bond donors (Lipinski definition) is 1. The van der Waals surface area contributed by atoms with Gasteiger partial charge < -0.3 is 5.32 Å². The number of fused-ring (bicyclic) bond motifs is 1. The minimum Gasteiger partial charge on any atom is -0.314 e. The van der Waals surface area contributed by atoms with Gasteiger partial charge in [-0.3, -0.25) is 0 Å². The number of benzene rings is 1. The van der Waals surface area contributed by atoms with Crippen molar-refractivity contribution in [3.8, 4) is 0 Å². The fraction of sp³-hybridized carbons (Fsp3) is 0.647. The van der Waals surface area contributed by atoms with Gasteiger partial charge in [0.25, 0.3) is 0 Å². The second-order valence-corrected chi connectivity index (χ2v) is 6.15. The van der Waals surface area contributed by atoms with Crippen LogP contribution in [0.4, 0.5) is 4.39 Å². The average molecular weight is 261 g/mol. The molecule has 0 heterocycles. The third-order valence-corrected chi connectivity index (χ3v) is 5.05. The molecular weight excluding hydrogens is 237 g/mol. The Morgan fingerprint density at radius 1 is 1.21 bits per heavy atom. The first-order valence-electron chi connectivity index (χ1n) is 7.78. The highest BCUT2D eigenvalue weighted by molar-refractivity contribution is 5.20. The van der Waals surface area contributed by atoms with Gasteiger partial charge in [-0.15, -0.1) is 0 Å². The lowest BCUT2D eigenvalue weighted by atomic mass is 9.99. The van der Waals surface area contributed by atoms with E-state index in [-0.39, 0.29) is 5.82 Å². The van der Waals surface area contributed by atoms with Crippen LogP contribution in [0, 0.1) is 23.6 Å². The Morgan fingerprint density at radius 2 is 1.89 bits per heavy atom. The second kappa shape index (κ2) is 5.62. The SMILES string of the molecule is CCNC(Cc1ccccc1F)C1C2CCCCC21. The monoisotopic (exact) mass is 261 g/mol. The lowest BCUT2D eigenvalue weighted by Crippen LogP contribution is -2.34. The van der Waals surface area contributed by atoms with Crippen molar-refractivity contribution in [2.24, 2.45) is 17.8 Å². The van der Waals surface area contributed by atoms with Crippen LogP contribution in [0.1, 0.15) is 38.2 Å². The van der Waals surface area contributed by atoms with Crippen molar-refractivity contribution in [1.82, 2.24) is 5.32 Å². The van der Waals surface area contributed by atoms with Crippen LogP contribution >= 0.6 is 0 Å². The molecule has 3 rings (SSSR count). The molecule has 1 N–H and O–H groups in total. The van der Waals surface area contributed by atoms with Crippen LogP contribution < -0.4 is 5.32 Å². The predicted molar refractivity (Wildman–Crippen MR) is 76.5 cm³/mol. The summed E-state index contributed by atoms with van der Waals surface area (Å²) >= 11 is 0. The van der Waals surface area contributed by atoms with Crippen LogP contribution in [-0.2, 0) is 6.42 Å². The van der Waals surface area contributed by atoms with Crippen LogP contribution in [0.15, 0.2) is 24.3 Å². The smallest absolute Gasteiger partial charge is 0.126 e. The maximum absolute atomic E-state index is 13.8. The number of nitrogens with one attached hydrogen (secondary N) is 1. The zero-order valence-corrected chi connectivity index (χ0v) is 11.7. The Bertz CT molecular complexity index is 419. The van der Waals surface area contributed by atoms with Crippen LogP contribution in [-0.4, -0.2) is 12.6 Å². The van der Waals surface area contributed by atoms with E-state index in [2.05, 4.69) is 12.2 Å². The summed E-state index contributed by atoms with van der Waals surface area (Å²) in [6, 6.07) is 7.71. The summed E-state index contributed by atoms with van der Waals surface area (Å²) in [5.41, 5.74) is 0.872. The molecule has 3 atom stereocenters. The lowest BCUT2D eigenvalue weighted by Gasteiger charge is -2.19. The van der Waals surface area contributed by atoms with Crippen LogP contribution in [0.3, 0.4) is 0 Å². The Kier molecular flexibility index (Phi) is 3.88. The van der Waals surface area contributed by atoms with Crippen molar-refractivity contribution < 1.29 is 4.39 Å².